The van der Waals surface area contributed by atoms with Crippen molar-refractivity contribution in [1.29, 1.82) is 0 Å². The zero-order chi connectivity index (χ0) is 14.0. The van der Waals surface area contributed by atoms with Gasteiger partial charge in [-0.15, -0.1) is 5.10 Å². The topological polar surface area (TPSA) is 56.5 Å². The lowest BCUT2D eigenvalue weighted by atomic mass is 10.0. The highest BCUT2D eigenvalue weighted by atomic mass is 19.1. The van der Waals surface area contributed by atoms with Gasteiger partial charge in [-0.1, -0.05) is 5.21 Å². The van der Waals surface area contributed by atoms with Crippen LogP contribution in [0, 0.1) is 5.82 Å². The van der Waals surface area contributed by atoms with Crippen molar-refractivity contribution in [1.82, 2.24) is 25.0 Å². The van der Waals surface area contributed by atoms with Gasteiger partial charge in [-0.3, -0.25) is 9.97 Å². The summed E-state index contributed by atoms with van der Waals surface area (Å²) in [5, 5.41) is 8.48. The fraction of sp³-hybridized carbons (Fsp3) is 0.333. The minimum atomic E-state index is -0.335. The van der Waals surface area contributed by atoms with Crippen LogP contribution >= 0.6 is 0 Å². The van der Waals surface area contributed by atoms with E-state index in [0.29, 0.717) is 28.6 Å². The summed E-state index contributed by atoms with van der Waals surface area (Å²) in [7, 11) is 0. The van der Waals surface area contributed by atoms with Crippen molar-refractivity contribution in [3.05, 3.63) is 41.7 Å². The first kappa shape index (κ1) is 11.3. The smallest absolute Gasteiger partial charge is 0.151 e. The summed E-state index contributed by atoms with van der Waals surface area (Å²) in [6.45, 7) is 0. The van der Waals surface area contributed by atoms with E-state index in [4.69, 9.17) is 0 Å². The van der Waals surface area contributed by atoms with E-state index in [-0.39, 0.29) is 5.82 Å². The van der Waals surface area contributed by atoms with Crippen LogP contribution in [0.5, 0.6) is 0 Å². The number of hydrogen-bond donors (Lipinski definition) is 0. The molecule has 6 heteroatoms. The molecule has 2 aliphatic carbocycles. The summed E-state index contributed by atoms with van der Waals surface area (Å²) in [4.78, 5) is 8.37. The van der Waals surface area contributed by atoms with Crippen LogP contribution in [0.15, 0.2) is 24.5 Å². The number of halogens is 1. The van der Waals surface area contributed by atoms with Gasteiger partial charge in [0.15, 0.2) is 5.82 Å². The molecule has 2 atom stereocenters. The first-order valence-electron chi connectivity index (χ1n) is 7.17. The van der Waals surface area contributed by atoms with Gasteiger partial charge in [-0.05, 0) is 25.3 Å². The molecular weight excluding hydrogens is 269 g/mol. The molecule has 2 heterocycles. The molecule has 0 aliphatic heterocycles. The van der Waals surface area contributed by atoms with Crippen molar-refractivity contribution in [3.8, 4) is 5.69 Å². The molecule has 21 heavy (non-hydrogen) atoms. The Balaban J connectivity index is 1.75. The maximum atomic E-state index is 14.4. The third-order valence-corrected chi connectivity index (χ3v) is 4.70. The van der Waals surface area contributed by atoms with Gasteiger partial charge in [0.05, 0.1) is 22.4 Å². The van der Waals surface area contributed by atoms with E-state index >= 15 is 0 Å². The molecule has 2 aromatic heterocycles. The van der Waals surface area contributed by atoms with Crippen molar-refractivity contribution >= 4 is 11.0 Å². The number of aromatic nitrogens is 5. The van der Waals surface area contributed by atoms with Gasteiger partial charge >= 0.3 is 0 Å². The van der Waals surface area contributed by atoms with Crippen LogP contribution in [0.3, 0.4) is 0 Å². The quantitative estimate of drug-likeness (QED) is 0.688. The third-order valence-electron chi connectivity index (χ3n) is 4.70. The Kier molecular flexibility index (Phi) is 2.07. The lowest BCUT2D eigenvalue weighted by Gasteiger charge is -2.13. The summed E-state index contributed by atoms with van der Waals surface area (Å²) in [5.41, 5.74) is 3.79. The molecule has 0 radical (unpaired) electrons. The van der Waals surface area contributed by atoms with Crippen LogP contribution in [0.25, 0.3) is 16.7 Å². The first-order chi connectivity index (χ1) is 10.3. The molecule has 2 unspecified atom stereocenters. The molecule has 1 aromatic carbocycles. The standard InChI is InChI=1S/C15H12FN5/c16-10-6-11-12(18-4-3-17-11)7-13(10)21-15-9-2-1-8(5-9)14(15)19-20-21/h3-4,6-9H,1-2,5H2. The average molecular weight is 281 g/mol. The highest BCUT2D eigenvalue weighted by Gasteiger charge is 2.42. The van der Waals surface area contributed by atoms with Crippen LogP contribution < -0.4 is 0 Å². The molecule has 104 valence electrons. The van der Waals surface area contributed by atoms with Gasteiger partial charge in [0.2, 0.25) is 0 Å². The molecule has 0 saturated heterocycles. The second-order valence-electron chi connectivity index (χ2n) is 5.83. The minimum Gasteiger partial charge on any atom is -0.253 e. The molecule has 5 rings (SSSR count). The zero-order valence-corrected chi connectivity index (χ0v) is 11.2. The van der Waals surface area contributed by atoms with E-state index in [1.807, 2.05) is 0 Å². The monoisotopic (exact) mass is 281 g/mol. The molecule has 0 spiro atoms. The number of hydrogen-bond acceptors (Lipinski definition) is 4. The number of fused-ring (bicyclic) bond motifs is 6. The first-order valence-corrected chi connectivity index (χ1v) is 7.17. The fourth-order valence-corrected chi connectivity index (χ4v) is 3.77. The van der Waals surface area contributed by atoms with Gasteiger partial charge in [0, 0.05) is 30.3 Å². The van der Waals surface area contributed by atoms with Gasteiger partial charge in [-0.25, -0.2) is 9.07 Å². The SMILES string of the molecule is Fc1cc2nccnc2cc1-n1nnc2c1C1CCC2C1. The van der Waals surface area contributed by atoms with Crippen molar-refractivity contribution in [3.63, 3.8) is 0 Å². The molecule has 5 nitrogen and oxygen atoms in total. The maximum Gasteiger partial charge on any atom is 0.151 e. The lowest BCUT2D eigenvalue weighted by Crippen LogP contribution is -2.08. The largest absolute Gasteiger partial charge is 0.253 e. The highest BCUT2D eigenvalue weighted by molar-refractivity contribution is 5.76. The predicted octanol–water partition coefficient (Wildman–Crippen LogP) is 2.71. The predicted molar refractivity (Wildman–Crippen MR) is 73.7 cm³/mol. The molecule has 0 N–H and O–H groups in total. The second-order valence-corrected chi connectivity index (χ2v) is 5.83. The van der Waals surface area contributed by atoms with Gasteiger partial charge in [0.1, 0.15) is 5.69 Å². The Hall–Kier alpha value is -2.37. The van der Waals surface area contributed by atoms with Crippen molar-refractivity contribution in [2.45, 2.75) is 31.1 Å². The van der Waals surface area contributed by atoms with Gasteiger partial charge in [-0.2, -0.15) is 0 Å². The maximum absolute atomic E-state index is 14.4. The van der Waals surface area contributed by atoms with Crippen LogP contribution in [-0.4, -0.2) is 25.0 Å². The zero-order valence-electron chi connectivity index (χ0n) is 11.2. The number of benzene rings is 1. The Morgan fingerprint density at radius 3 is 2.67 bits per heavy atom. The fourth-order valence-electron chi connectivity index (χ4n) is 3.77. The molecular formula is C15H12FN5. The van der Waals surface area contributed by atoms with Crippen LogP contribution in [0.1, 0.15) is 42.5 Å². The van der Waals surface area contributed by atoms with Crippen LogP contribution in [0.4, 0.5) is 4.39 Å². The summed E-state index contributed by atoms with van der Waals surface area (Å²) in [5.74, 6) is 0.650. The molecule has 1 fully saturated rings. The number of nitrogens with zero attached hydrogens (tertiary/aromatic N) is 5. The summed E-state index contributed by atoms with van der Waals surface area (Å²) in [6.07, 6.45) is 6.64. The van der Waals surface area contributed by atoms with Crippen molar-refractivity contribution in [2.75, 3.05) is 0 Å². The molecule has 0 amide bonds. The summed E-state index contributed by atoms with van der Waals surface area (Å²) in [6, 6.07) is 3.12. The Bertz CT molecular complexity index is 872. The Morgan fingerprint density at radius 1 is 1.05 bits per heavy atom. The van der Waals surface area contributed by atoms with E-state index < -0.39 is 0 Å². The average Bonchev–Trinajstić information content (AvgIpc) is 3.19. The van der Waals surface area contributed by atoms with E-state index in [1.54, 1.807) is 23.1 Å². The van der Waals surface area contributed by atoms with E-state index in [9.17, 15) is 4.39 Å². The highest BCUT2D eigenvalue weighted by Crippen LogP contribution is 2.52. The molecule has 2 bridgehead atoms. The van der Waals surface area contributed by atoms with Crippen molar-refractivity contribution < 1.29 is 4.39 Å². The van der Waals surface area contributed by atoms with Crippen LogP contribution in [-0.2, 0) is 0 Å². The van der Waals surface area contributed by atoms with E-state index in [1.165, 1.54) is 12.5 Å². The minimum absolute atomic E-state index is 0.335. The summed E-state index contributed by atoms with van der Waals surface area (Å²) < 4.78 is 16.1. The second kappa shape index (κ2) is 3.84. The van der Waals surface area contributed by atoms with Gasteiger partial charge in [0.25, 0.3) is 0 Å². The normalized spacial score (nSPS) is 22.9. The van der Waals surface area contributed by atoms with Crippen molar-refractivity contribution in [2.24, 2.45) is 0 Å². The molecule has 2 aliphatic rings. The van der Waals surface area contributed by atoms with E-state index in [2.05, 4.69) is 20.3 Å². The molecule has 1 saturated carbocycles. The molecule has 3 aromatic rings. The van der Waals surface area contributed by atoms with Gasteiger partial charge < -0.3 is 0 Å². The third kappa shape index (κ3) is 1.44. The lowest BCUT2D eigenvalue weighted by molar-refractivity contribution is 0.591. The summed E-state index contributed by atoms with van der Waals surface area (Å²) >= 11 is 0. The Morgan fingerprint density at radius 2 is 1.81 bits per heavy atom. The van der Waals surface area contributed by atoms with Crippen LogP contribution in [0.2, 0.25) is 0 Å². The van der Waals surface area contributed by atoms with E-state index in [0.717, 1.165) is 24.2 Å². The Labute approximate surface area is 119 Å². The number of rotatable bonds is 1.